The summed E-state index contributed by atoms with van der Waals surface area (Å²) >= 11 is 7.21. The molecule has 0 bridgehead atoms. The molecule has 5 rings (SSSR count). The highest BCUT2D eigenvalue weighted by molar-refractivity contribution is 7.92. The first-order chi connectivity index (χ1) is 16.9. The highest BCUT2D eigenvalue weighted by Crippen LogP contribution is 2.38. The molecule has 2 aromatic heterocycles. The lowest BCUT2D eigenvalue weighted by atomic mass is 10.1. The number of fused-ring (bicyclic) bond motifs is 1. The standard InChI is InChI=1S/C21H20ClN5O6S3/c1-35(30,31)25-12-4-5-13-15(10-12)36(32,33)26-20(23-13)17-19(28)18(14-6-7-16(22)34-14)24-27(21(17)29)9-8-11-2-3-11/h4-7,10-11,25,28H,2-3,8-9H2,1H3,(H,23,26). The van der Waals surface area contributed by atoms with Crippen LogP contribution in [-0.4, -0.2) is 43.8 Å². The second-order valence-electron chi connectivity index (χ2n) is 8.56. The monoisotopic (exact) mass is 569 g/mol. The van der Waals surface area contributed by atoms with Crippen LogP contribution in [0.15, 0.2) is 45.0 Å². The minimum atomic E-state index is -4.27. The number of nitrogens with one attached hydrogen (secondary N) is 2. The van der Waals surface area contributed by atoms with E-state index in [0.29, 0.717) is 21.7 Å². The molecule has 3 aromatic rings. The van der Waals surface area contributed by atoms with Gasteiger partial charge in [-0.25, -0.2) is 26.5 Å². The van der Waals surface area contributed by atoms with Crippen LogP contribution in [0, 0.1) is 5.92 Å². The molecule has 1 aromatic carbocycles. The molecule has 0 atom stereocenters. The van der Waals surface area contributed by atoms with E-state index in [-0.39, 0.29) is 33.4 Å². The molecule has 2 aliphatic rings. The number of thiophene rings is 1. The van der Waals surface area contributed by atoms with E-state index in [2.05, 4.69) is 19.5 Å². The van der Waals surface area contributed by atoms with Gasteiger partial charge in [-0.1, -0.05) is 24.4 Å². The first kappa shape index (κ1) is 24.7. The topological polar surface area (TPSA) is 160 Å². The summed E-state index contributed by atoms with van der Waals surface area (Å²) in [6.45, 7) is 0.292. The number of rotatable bonds is 7. The third kappa shape index (κ3) is 4.98. The number of aromatic nitrogens is 2. The zero-order chi connectivity index (χ0) is 25.8. The van der Waals surface area contributed by atoms with Gasteiger partial charge in [-0.3, -0.25) is 14.2 Å². The average Bonchev–Trinajstić information content (AvgIpc) is 3.51. The maximum atomic E-state index is 13.4. The van der Waals surface area contributed by atoms with Crippen molar-refractivity contribution >= 4 is 60.2 Å². The van der Waals surface area contributed by atoms with Gasteiger partial charge in [0.25, 0.3) is 15.6 Å². The van der Waals surface area contributed by atoms with Crippen molar-refractivity contribution in [3.8, 4) is 16.3 Å². The normalized spacial score (nSPS) is 16.7. The summed E-state index contributed by atoms with van der Waals surface area (Å²) in [6, 6.07) is 7.05. The van der Waals surface area contributed by atoms with Crippen LogP contribution in [0.1, 0.15) is 24.8 Å². The fourth-order valence-electron chi connectivity index (χ4n) is 3.78. The molecule has 3 N–H and O–H groups in total. The molecule has 1 fully saturated rings. The van der Waals surface area contributed by atoms with Crippen molar-refractivity contribution in [3.63, 3.8) is 0 Å². The van der Waals surface area contributed by atoms with Crippen molar-refractivity contribution < 1.29 is 21.9 Å². The maximum Gasteiger partial charge on any atom is 0.281 e. The SMILES string of the molecule is CS(=O)(=O)Nc1ccc2c(c1)S(=O)(=O)NC(c1c(O)c(-c3ccc(Cl)s3)nn(CCC3CC3)c1=O)=N2. The van der Waals surface area contributed by atoms with Gasteiger partial charge in [0.1, 0.15) is 16.2 Å². The van der Waals surface area contributed by atoms with Gasteiger partial charge in [0.15, 0.2) is 11.6 Å². The molecule has 0 spiro atoms. The Morgan fingerprint density at radius 3 is 2.67 bits per heavy atom. The number of hydrogen-bond donors (Lipinski definition) is 3. The van der Waals surface area contributed by atoms with Gasteiger partial charge in [0.2, 0.25) is 10.0 Å². The van der Waals surface area contributed by atoms with Crippen molar-refractivity contribution in [1.29, 1.82) is 0 Å². The number of nitrogens with zero attached hydrogens (tertiary/aromatic N) is 3. The van der Waals surface area contributed by atoms with Crippen LogP contribution < -0.4 is 15.0 Å². The maximum absolute atomic E-state index is 13.4. The summed E-state index contributed by atoms with van der Waals surface area (Å²) < 4.78 is 55.4. The molecule has 11 nitrogen and oxygen atoms in total. The number of halogens is 1. The van der Waals surface area contributed by atoms with E-state index in [1.165, 1.54) is 16.8 Å². The summed E-state index contributed by atoms with van der Waals surface area (Å²) in [6.07, 6.45) is 3.81. The molecule has 0 saturated heterocycles. The van der Waals surface area contributed by atoms with Gasteiger partial charge in [-0.05, 0) is 42.7 Å². The minimum absolute atomic E-state index is 0.0244. The molecule has 36 heavy (non-hydrogen) atoms. The molecule has 1 saturated carbocycles. The van der Waals surface area contributed by atoms with Crippen molar-refractivity contribution in [2.75, 3.05) is 11.0 Å². The number of aryl methyl sites for hydroxylation is 1. The fourth-order valence-corrected chi connectivity index (χ4v) is 6.55. The molecular formula is C21H20ClN5O6S3. The van der Waals surface area contributed by atoms with E-state index in [0.717, 1.165) is 42.9 Å². The van der Waals surface area contributed by atoms with Crippen molar-refractivity contribution in [1.82, 2.24) is 14.5 Å². The van der Waals surface area contributed by atoms with E-state index in [9.17, 15) is 26.7 Å². The Kier molecular flexibility index (Phi) is 6.09. The summed E-state index contributed by atoms with van der Waals surface area (Å²) in [5.74, 6) is -0.385. The average molecular weight is 570 g/mol. The van der Waals surface area contributed by atoms with Gasteiger partial charge in [0.05, 0.1) is 21.2 Å². The number of amidine groups is 1. The van der Waals surface area contributed by atoms with Gasteiger partial charge in [-0.15, -0.1) is 11.3 Å². The largest absolute Gasteiger partial charge is 0.505 e. The van der Waals surface area contributed by atoms with Crippen molar-refractivity contribution in [3.05, 3.63) is 50.6 Å². The molecule has 0 radical (unpaired) electrons. The Hall–Kier alpha value is -2.94. The summed E-state index contributed by atoms with van der Waals surface area (Å²) in [4.78, 5) is 17.9. The van der Waals surface area contributed by atoms with E-state index >= 15 is 0 Å². The molecule has 3 heterocycles. The zero-order valence-electron chi connectivity index (χ0n) is 18.7. The third-order valence-corrected chi connectivity index (χ3v) is 8.85. The first-order valence-electron chi connectivity index (χ1n) is 10.7. The summed E-state index contributed by atoms with van der Waals surface area (Å²) in [7, 11) is -7.91. The molecule has 190 valence electrons. The predicted octanol–water partition coefficient (Wildman–Crippen LogP) is 2.87. The van der Waals surface area contributed by atoms with Gasteiger partial charge >= 0.3 is 0 Å². The highest BCUT2D eigenvalue weighted by atomic mass is 35.5. The van der Waals surface area contributed by atoms with E-state index in [4.69, 9.17) is 11.6 Å². The second kappa shape index (κ2) is 8.87. The van der Waals surface area contributed by atoms with E-state index < -0.39 is 31.4 Å². The summed E-state index contributed by atoms with van der Waals surface area (Å²) in [5, 5.41) is 15.4. The lowest BCUT2D eigenvalue weighted by molar-refractivity contribution is 0.455. The zero-order valence-corrected chi connectivity index (χ0v) is 21.9. The Balaban J connectivity index is 1.66. The van der Waals surface area contributed by atoms with Crippen LogP contribution >= 0.6 is 22.9 Å². The van der Waals surface area contributed by atoms with Crippen LogP contribution in [-0.2, 0) is 26.6 Å². The Morgan fingerprint density at radius 2 is 2.03 bits per heavy atom. The lowest BCUT2D eigenvalue weighted by Crippen LogP contribution is -2.39. The van der Waals surface area contributed by atoms with Gasteiger partial charge < -0.3 is 5.11 Å². The predicted molar refractivity (Wildman–Crippen MR) is 137 cm³/mol. The van der Waals surface area contributed by atoms with Gasteiger partial charge in [0, 0.05) is 12.2 Å². The van der Waals surface area contributed by atoms with E-state index in [1.54, 1.807) is 12.1 Å². The Bertz CT molecular complexity index is 1690. The number of benzene rings is 1. The van der Waals surface area contributed by atoms with Crippen molar-refractivity contribution in [2.45, 2.75) is 30.7 Å². The Labute approximate surface area is 215 Å². The number of anilines is 1. The lowest BCUT2D eigenvalue weighted by Gasteiger charge is -2.20. The quantitative estimate of drug-likeness (QED) is 0.394. The smallest absolute Gasteiger partial charge is 0.281 e. The minimum Gasteiger partial charge on any atom is -0.505 e. The third-order valence-electron chi connectivity index (χ3n) is 5.64. The van der Waals surface area contributed by atoms with Crippen LogP contribution in [0.5, 0.6) is 5.75 Å². The highest BCUT2D eigenvalue weighted by Gasteiger charge is 2.32. The molecule has 1 aliphatic heterocycles. The molecule has 0 unspecified atom stereocenters. The second-order valence-corrected chi connectivity index (χ2v) is 13.7. The van der Waals surface area contributed by atoms with Crippen LogP contribution in [0.4, 0.5) is 11.4 Å². The number of aromatic hydroxyl groups is 1. The molecular weight excluding hydrogens is 550 g/mol. The Morgan fingerprint density at radius 1 is 1.28 bits per heavy atom. The number of sulfonamides is 2. The number of hydrogen-bond acceptors (Lipinski definition) is 9. The fraction of sp³-hybridized carbons (Fsp3) is 0.286. The number of aliphatic imine (C=N–C) groups is 1. The van der Waals surface area contributed by atoms with Crippen molar-refractivity contribution in [2.24, 2.45) is 10.9 Å². The molecule has 15 heteroatoms. The van der Waals surface area contributed by atoms with Crippen LogP contribution in [0.25, 0.3) is 10.6 Å². The van der Waals surface area contributed by atoms with Crippen LogP contribution in [0.3, 0.4) is 0 Å². The van der Waals surface area contributed by atoms with Crippen LogP contribution in [0.2, 0.25) is 4.34 Å². The molecule has 0 amide bonds. The molecule has 1 aliphatic carbocycles. The first-order valence-corrected chi connectivity index (χ1v) is 15.3. The summed E-state index contributed by atoms with van der Waals surface area (Å²) in [5.41, 5.74) is -0.944. The van der Waals surface area contributed by atoms with E-state index in [1.807, 2.05) is 0 Å². The van der Waals surface area contributed by atoms with Gasteiger partial charge in [-0.2, -0.15) is 5.10 Å².